The average Bonchev–Trinajstić information content (AvgIpc) is 2.48. The van der Waals surface area contributed by atoms with Crippen LogP contribution in [-0.2, 0) is 9.59 Å². The monoisotopic (exact) mass is 311 g/mol. The van der Waals surface area contributed by atoms with E-state index >= 15 is 0 Å². The molecule has 1 saturated heterocycles. The molecule has 2 rings (SSSR count). The molecule has 1 amide bonds. The van der Waals surface area contributed by atoms with E-state index in [1.54, 1.807) is 23.5 Å². The van der Waals surface area contributed by atoms with Gasteiger partial charge in [-0.25, -0.2) is 4.79 Å². The summed E-state index contributed by atoms with van der Waals surface area (Å²) in [6, 6.07) is 9.24. The van der Waals surface area contributed by atoms with Gasteiger partial charge in [-0.1, -0.05) is 18.2 Å². The highest BCUT2D eigenvalue weighted by atomic mass is 32.2. The van der Waals surface area contributed by atoms with Crippen molar-refractivity contribution >= 4 is 35.4 Å². The predicted molar refractivity (Wildman–Crippen MR) is 82.2 cm³/mol. The summed E-state index contributed by atoms with van der Waals surface area (Å²) >= 11 is 3.22. The second kappa shape index (κ2) is 7.59. The molecule has 0 spiro atoms. The standard InChI is InChI=1S/C14H17NO3S2/c16-13(6-8-20-11-4-2-1-3-5-11)15-7-9-19-10-12(15)14(17)18/h1-5,12H,6-10H2,(H,17,18). The van der Waals surface area contributed by atoms with E-state index in [2.05, 4.69) is 0 Å². The minimum absolute atomic E-state index is 0.0545. The number of benzene rings is 1. The zero-order chi connectivity index (χ0) is 14.4. The molecule has 1 N–H and O–H groups in total. The van der Waals surface area contributed by atoms with Gasteiger partial charge in [-0.15, -0.1) is 11.8 Å². The van der Waals surface area contributed by atoms with Gasteiger partial charge < -0.3 is 10.0 Å². The Morgan fingerprint density at radius 3 is 2.80 bits per heavy atom. The molecule has 1 unspecified atom stereocenters. The second-order valence-electron chi connectivity index (χ2n) is 4.43. The minimum Gasteiger partial charge on any atom is -0.480 e. The van der Waals surface area contributed by atoms with Crippen molar-refractivity contribution in [2.75, 3.05) is 23.8 Å². The highest BCUT2D eigenvalue weighted by Crippen LogP contribution is 2.21. The molecule has 1 aliphatic rings. The van der Waals surface area contributed by atoms with E-state index in [4.69, 9.17) is 5.11 Å². The fraction of sp³-hybridized carbons (Fsp3) is 0.429. The quantitative estimate of drug-likeness (QED) is 0.845. The largest absolute Gasteiger partial charge is 0.480 e. The molecule has 0 aromatic heterocycles. The van der Waals surface area contributed by atoms with Crippen molar-refractivity contribution in [1.29, 1.82) is 0 Å². The number of rotatable bonds is 5. The van der Waals surface area contributed by atoms with Gasteiger partial charge in [-0.3, -0.25) is 4.79 Å². The van der Waals surface area contributed by atoms with E-state index in [-0.39, 0.29) is 5.91 Å². The Morgan fingerprint density at radius 1 is 1.35 bits per heavy atom. The van der Waals surface area contributed by atoms with Crippen LogP contribution in [0.3, 0.4) is 0 Å². The number of hydrogen-bond donors (Lipinski definition) is 1. The molecule has 0 saturated carbocycles. The van der Waals surface area contributed by atoms with Crippen molar-refractivity contribution in [2.45, 2.75) is 17.4 Å². The number of thioether (sulfide) groups is 2. The Hall–Kier alpha value is -1.14. The number of carbonyl (C=O) groups is 2. The molecule has 1 atom stereocenters. The van der Waals surface area contributed by atoms with Crippen LogP contribution >= 0.6 is 23.5 Å². The summed E-state index contributed by atoms with van der Waals surface area (Å²) in [5.41, 5.74) is 0. The van der Waals surface area contributed by atoms with Crippen molar-refractivity contribution in [3.05, 3.63) is 30.3 Å². The fourth-order valence-electron chi connectivity index (χ4n) is 2.02. The van der Waals surface area contributed by atoms with Crippen LogP contribution in [0, 0.1) is 0 Å². The number of nitrogens with zero attached hydrogens (tertiary/aromatic N) is 1. The number of carbonyl (C=O) groups excluding carboxylic acids is 1. The molecule has 1 aromatic rings. The summed E-state index contributed by atoms with van der Waals surface area (Å²) in [6.45, 7) is 0.538. The molecule has 1 aromatic carbocycles. The first-order valence-corrected chi connectivity index (χ1v) is 8.60. The molecular weight excluding hydrogens is 294 g/mol. The molecule has 108 valence electrons. The van der Waals surface area contributed by atoms with Crippen molar-refractivity contribution in [1.82, 2.24) is 4.90 Å². The maximum atomic E-state index is 12.1. The average molecular weight is 311 g/mol. The summed E-state index contributed by atoms with van der Waals surface area (Å²) in [7, 11) is 0. The third-order valence-electron chi connectivity index (χ3n) is 3.06. The lowest BCUT2D eigenvalue weighted by Gasteiger charge is -2.32. The van der Waals surface area contributed by atoms with Gasteiger partial charge >= 0.3 is 5.97 Å². The molecule has 0 aliphatic carbocycles. The molecule has 1 aliphatic heterocycles. The van der Waals surface area contributed by atoms with Crippen LogP contribution < -0.4 is 0 Å². The van der Waals surface area contributed by atoms with Gasteiger partial charge in [-0.05, 0) is 12.1 Å². The van der Waals surface area contributed by atoms with Crippen molar-refractivity contribution < 1.29 is 14.7 Å². The van der Waals surface area contributed by atoms with Crippen LogP contribution in [0.2, 0.25) is 0 Å². The van der Waals surface area contributed by atoms with Crippen LogP contribution in [0.15, 0.2) is 35.2 Å². The minimum atomic E-state index is -0.902. The summed E-state index contributed by atoms with van der Waals surface area (Å²) in [5.74, 6) is 1.04. The number of carboxylic acids is 1. The Labute approximate surface area is 126 Å². The molecule has 4 nitrogen and oxygen atoms in total. The first-order valence-electron chi connectivity index (χ1n) is 6.46. The van der Waals surface area contributed by atoms with Gasteiger partial charge in [0.2, 0.25) is 5.91 Å². The summed E-state index contributed by atoms with van der Waals surface area (Å²) in [4.78, 5) is 25.9. The summed E-state index contributed by atoms with van der Waals surface area (Å²) in [6.07, 6.45) is 0.383. The third kappa shape index (κ3) is 4.18. The summed E-state index contributed by atoms with van der Waals surface area (Å²) < 4.78 is 0. The SMILES string of the molecule is O=C(O)C1CSCCN1C(=O)CCSc1ccccc1. The Morgan fingerprint density at radius 2 is 2.10 bits per heavy atom. The molecule has 6 heteroatoms. The van der Waals surface area contributed by atoms with Crippen LogP contribution in [-0.4, -0.2) is 51.7 Å². The van der Waals surface area contributed by atoms with Gasteiger partial charge in [0.05, 0.1) is 0 Å². The smallest absolute Gasteiger partial charge is 0.327 e. The third-order valence-corrected chi connectivity index (χ3v) is 5.10. The molecule has 0 bridgehead atoms. The van der Waals surface area contributed by atoms with E-state index < -0.39 is 12.0 Å². The normalized spacial score (nSPS) is 18.8. The molecule has 1 fully saturated rings. The van der Waals surface area contributed by atoms with Crippen molar-refractivity contribution in [3.63, 3.8) is 0 Å². The Bertz CT molecular complexity index is 467. The van der Waals surface area contributed by atoms with Gasteiger partial charge in [-0.2, -0.15) is 11.8 Å². The Kier molecular flexibility index (Phi) is 5.79. The molecule has 20 heavy (non-hydrogen) atoms. The zero-order valence-corrected chi connectivity index (χ0v) is 12.7. The van der Waals surface area contributed by atoms with Crippen molar-refractivity contribution in [2.24, 2.45) is 0 Å². The van der Waals surface area contributed by atoms with E-state index in [1.807, 2.05) is 30.3 Å². The van der Waals surface area contributed by atoms with Crippen LogP contribution in [0.5, 0.6) is 0 Å². The lowest BCUT2D eigenvalue weighted by Crippen LogP contribution is -2.50. The molecular formula is C14H17NO3S2. The van der Waals surface area contributed by atoms with E-state index in [1.165, 1.54) is 4.90 Å². The second-order valence-corrected chi connectivity index (χ2v) is 6.75. The Balaban J connectivity index is 1.83. The zero-order valence-electron chi connectivity index (χ0n) is 11.0. The number of carboxylic acid groups (broad SMARTS) is 1. The van der Waals surface area contributed by atoms with Crippen LogP contribution in [0.4, 0.5) is 0 Å². The predicted octanol–water partition coefficient (Wildman–Crippen LogP) is 2.20. The van der Waals surface area contributed by atoms with Crippen LogP contribution in [0.25, 0.3) is 0 Å². The van der Waals surface area contributed by atoms with E-state index in [9.17, 15) is 9.59 Å². The lowest BCUT2D eigenvalue weighted by molar-refractivity contribution is -0.149. The molecule has 1 heterocycles. The van der Waals surface area contributed by atoms with Gasteiger partial charge in [0.15, 0.2) is 0 Å². The summed E-state index contributed by atoms with van der Waals surface area (Å²) in [5, 5.41) is 9.15. The number of hydrogen-bond acceptors (Lipinski definition) is 4. The van der Waals surface area contributed by atoms with E-state index in [0.717, 1.165) is 10.6 Å². The van der Waals surface area contributed by atoms with Crippen LogP contribution in [0.1, 0.15) is 6.42 Å². The van der Waals surface area contributed by atoms with Gasteiger partial charge in [0, 0.05) is 35.1 Å². The first-order chi connectivity index (χ1) is 9.68. The lowest BCUT2D eigenvalue weighted by atomic mass is 10.2. The number of amides is 1. The van der Waals surface area contributed by atoms with E-state index in [0.29, 0.717) is 24.5 Å². The maximum absolute atomic E-state index is 12.1. The number of aliphatic carboxylic acids is 1. The van der Waals surface area contributed by atoms with Gasteiger partial charge in [0.1, 0.15) is 6.04 Å². The first kappa shape index (κ1) is 15.3. The van der Waals surface area contributed by atoms with Gasteiger partial charge in [0.25, 0.3) is 0 Å². The van der Waals surface area contributed by atoms with Crippen molar-refractivity contribution in [3.8, 4) is 0 Å². The highest BCUT2D eigenvalue weighted by molar-refractivity contribution is 7.99. The molecule has 0 radical (unpaired) electrons. The maximum Gasteiger partial charge on any atom is 0.327 e. The fourth-order valence-corrected chi connectivity index (χ4v) is 3.92. The highest BCUT2D eigenvalue weighted by Gasteiger charge is 2.31. The topological polar surface area (TPSA) is 57.6 Å².